The van der Waals surface area contributed by atoms with Crippen LogP contribution in [0.2, 0.25) is 0 Å². The first-order chi connectivity index (χ1) is 20.7. The zero-order valence-corrected chi connectivity index (χ0v) is 27.6. The molecule has 44 heavy (non-hydrogen) atoms. The van der Waals surface area contributed by atoms with Crippen molar-refractivity contribution in [3.8, 4) is 0 Å². The van der Waals surface area contributed by atoms with Gasteiger partial charge in [0, 0.05) is 18.8 Å². The van der Waals surface area contributed by atoms with Crippen LogP contribution in [0.5, 0.6) is 0 Å². The summed E-state index contributed by atoms with van der Waals surface area (Å²) in [6, 6.07) is 6.39. The van der Waals surface area contributed by atoms with E-state index in [0.717, 1.165) is 32.1 Å². The lowest BCUT2D eigenvalue weighted by Gasteiger charge is -2.45. The molecule has 1 saturated heterocycles. The predicted molar refractivity (Wildman–Crippen MR) is 170 cm³/mol. The van der Waals surface area contributed by atoms with Gasteiger partial charge in [-0.1, -0.05) is 32.1 Å². The SMILES string of the molecule is CC(C)(C)OC(=O)NCC1CCC(C=O)(N2C[C@@H](C3CCCCC3)C[C@H]2C(=O)Nc2ccc(C(=O)OC(C)(C)C)cc2)CC1. The maximum atomic E-state index is 13.9. The van der Waals surface area contributed by atoms with Crippen LogP contribution in [0.25, 0.3) is 0 Å². The summed E-state index contributed by atoms with van der Waals surface area (Å²) in [6.07, 6.45) is 10.4. The number of nitrogens with zero attached hydrogens (tertiary/aromatic N) is 1. The molecule has 9 nitrogen and oxygen atoms in total. The van der Waals surface area contributed by atoms with Crippen LogP contribution >= 0.6 is 0 Å². The van der Waals surface area contributed by atoms with E-state index in [1.807, 2.05) is 41.5 Å². The van der Waals surface area contributed by atoms with Gasteiger partial charge in [0.1, 0.15) is 17.5 Å². The summed E-state index contributed by atoms with van der Waals surface area (Å²) < 4.78 is 10.8. The average molecular weight is 612 g/mol. The van der Waals surface area contributed by atoms with Gasteiger partial charge in [0.15, 0.2) is 0 Å². The van der Waals surface area contributed by atoms with E-state index in [2.05, 4.69) is 15.5 Å². The number of nitrogens with one attached hydrogen (secondary N) is 2. The number of hydrogen-bond donors (Lipinski definition) is 2. The molecule has 0 radical (unpaired) electrons. The fourth-order valence-electron chi connectivity index (χ4n) is 7.20. The first-order valence-corrected chi connectivity index (χ1v) is 16.5. The predicted octanol–water partition coefficient (Wildman–Crippen LogP) is 6.50. The minimum absolute atomic E-state index is 0.108. The van der Waals surface area contributed by atoms with Gasteiger partial charge in [-0.25, -0.2) is 9.59 Å². The van der Waals surface area contributed by atoms with Gasteiger partial charge in [-0.15, -0.1) is 0 Å². The summed E-state index contributed by atoms with van der Waals surface area (Å²) in [5, 5.41) is 5.98. The zero-order valence-electron chi connectivity index (χ0n) is 27.6. The number of hydrogen-bond acceptors (Lipinski definition) is 7. The lowest BCUT2D eigenvalue weighted by molar-refractivity contribution is -0.129. The van der Waals surface area contributed by atoms with Crippen LogP contribution in [0.1, 0.15) is 116 Å². The molecule has 244 valence electrons. The Morgan fingerprint density at radius 3 is 2.07 bits per heavy atom. The minimum Gasteiger partial charge on any atom is -0.456 e. The van der Waals surface area contributed by atoms with Gasteiger partial charge >= 0.3 is 12.1 Å². The molecule has 1 aromatic carbocycles. The molecule has 0 spiro atoms. The molecule has 2 saturated carbocycles. The van der Waals surface area contributed by atoms with Gasteiger partial charge in [-0.2, -0.15) is 0 Å². The number of carbonyl (C=O) groups excluding carboxylic acids is 4. The van der Waals surface area contributed by atoms with Gasteiger partial charge in [0.2, 0.25) is 5.91 Å². The van der Waals surface area contributed by atoms with Crippen LogP contribution in [0, 0.1) is 17.8 Å². The second-order valence-electron chi connectivity index (χ2n) is 15.2. The maximum Gasteiger partial charge on any atom is 0.407 e. The topological polar surface area (TPSA) is 114 Å². The number of likely N-dealkylation sites (tertiary alicyclic amines) is 1. The molecule has 2 N–H and O–H groups in total. The highest BCUT2D eigenvalue weighted by atomic mass is 16.6. The number of benzene rings is 1. The standard InChI is InChI=1S/C35H53N3O6/c1-33(2,3)43-31(41)26-12-14-28(15-13-26)37-30(40)29-20-27(25-10-8-7-9-11-25)22-38(29)35(23-39)18-16-24(17-19-35)21-36-32(42)44-34(4,5)6/h12-15,23-25,27,29H,7-11,16-22H2,1-6H3,(H,36,42)(H,37,40)/t24?,27-,29-,35?/m0/s1. The summed E-state index contributed by atoms with van der Waals surface area (Å²) in [5.74, 6) is 0.697. The number of esters is 1. The Bertz CT molecular complexity index is 1150. The summed E-state index contributed by atoms with van der Waals surface area (Å²) in [5.41, 5.74) is -0.804. The number of carbonyl (C=O) groups is 4. The molecule has 0 unspecified atom stereocenters. The molecule has 1 heterocycles. The van der Waals surface area contributed by atoms with Crippen LogP contribution < -0.4 is 10.6 Å². The molecule has 1 aromatic rings. The van der Waals surface area contributed by atoms with E-state index >= 15 is 0 Å². The van der Waals surface area contributed by atoms with Crippen molar-refractivity contribution in [2.75, 3.05) is 18.4 Å². The number of ether oxygens (including phenoxy) is 2. The molecule has 0 bridgehead atoms. The highest BCUT2D eigenvalue weighted by molar-refractivity contribution is 5.96. The van der Waals surface area contributed by atoms with Crippen LogP contribution in [0.15, 0.2) is 24.3 Å². The normalized spacial score (nSPS) is 26.9. The number of aldehydes is 1. The Morgan fingerprint density at radius 1 is 0.886 bits per heavy atom. The Hall–Kier alpha value is -2.94. The largest absolute Gasteiger partial charge is 0.456 e. The third kappa shape index (κ3) is 9.05. The molecular weight excluding hydrogens is 558 g/mol. The van der Waals surface area contributed by atoms with E-state index in [4.69, 9.17) is 9.47 Å². The summed E-state index contributed by atoms with van der Waals surface area (Å²) in [7, 11) is 0. The molecule has 3 aliphatic rings. The summed E-state index contributed by atoms with van der Waals surface area (Å²) in [4.78, 5) is 53.6. The highest BCUT2D eigenvalue weighted by Gasteiger charge is 2.51. The summed E-state index contributed by atoms with van der Waals surface area (Å²) >= 11 is 0. The summed E-state index contributed by atoms with van der Waals surface area (Å²) in [6.45, 7) is 12.3. The van der Waals surface area contributed by atoms with Crippen molar-refractivity contribution >= 4 is 29.9 Å². The fourth-order valence-corrected chi connectivity index (χ4v) is 7.20. The van der Waals surface area contributed by atoms with E-state index in [1.54, 1.807) is 24.3 Å². The van der Waals surface area contributed by atoms with Crippen molar-refractivity contribution in [3.63, 3.8) is 0 Å². The second-order valence-corrected chi connectivity index (χ2v) is 15.2. The van der Waals surface area contributed by atoms with E-state index in [9.17, 15) is 19.2 Å². The molecule has 0 aromatic heterocycles. The van der Waals surface area contributed by atoms with Gasteiger partial charge in [-0.3, -0.25) is 9.69 Å². The molecule has 4 rings (SSSR count). The number of amides is 2. The lowest BCUT2D eigenvalue weighted by atomic mass is 9.75. The average Bonchev–Trinajstić information content (AvgIpc) is 3.42. The lowest BCUT2D eigenvalue weighted by Crippen LogP contribution is -2.57. The Balaban J connectivity index is 1.44. The van der Waals surface area contributed by atoms with Crippen LogP contribution in [0.4, 0.5) is 10.5 Å². The van der Waals surface area contributed by atoms with Crippen LogP contribution in [-0.2, 0) is 19.1 Å². The minimum atomic E-state index is -0.700. The Morgan fingerprint density at radius 2 is 1.50 bits per heavy atom. The molecule has 1 aliphatic heterocycles. The van der Waals surface area contributed by atoms with E-state index in [-0.39, 0.29) is 11.8 Å². The first-order valence-electron chi connectivity index (χ1n) is 16.5. The molecule has 2 atom stereocenters. The van der Waals surface area contributed by atoms with Crippen molar-refractivity contribution < 1.29 is 28.7 Å². The number of rotatable bonds is 8. The zero-order chi connectivity index (χ0) is 32.1. The molecule has 3 fully saturated rings. The van der Waals surface area contributed by atoms with Crippen molar-refractivity contribution in [2.24, 2.45) is 17.8 Å². The molecule has 2 amide bonds. The van der Waals surface area contributed by atoms with E-state index in [0.29, 0.717) is 42.5 Å². The van der Waals surface area contributed by atoms with E-state index in [1.165, 1.54) is 32.1 Å². The van der Waals surface area contributed by atoms with Crippen molar-refractivity contribution in [2.45, 2.75) is 129 Å². The van der Waals surface area contributed by atoms with Crippen molar-refractivity contribution in [3.05, 3.63) is 29.8 Å². The van der Waals surface area contributed by atoms with Gasteiger partial charge in [0.05, 0.1) is 17.1 Å². The van der Waals surface area contributed by atoms with Crippen LogP contribution in [-0.4, -0.2) is 65.0 Å². The Labute approximate surface area is 263 Å². The third-order valence-corrected chi connectivity index (χ3v) is 9.44. The van der Waals surface area contributed by atoms with Crippen molar-refractivity contribution in [1.29, 1.82) is 0 Å². The fraction of sp³-hybridized carbons (Fsp3) is 0.714. The Kier molecular flexibility index (Phi) is 10.8. The van der Waals surface area contributed by atoms with Gasteiger partial charge in [0.25, 0.3) is 0 Å². The van der Waals surface area contributed by atoms with Gasteiger partial charge < -0.3 is 24.9 Å². The van der Waals surface area contributed by atoms with Crippen LogP contribution in [0.3, 0.4) is 0 Å². The smallest absolute Gasteiger partial charge is 0.407 e. The second kappa shape index (κ2) is 14.0. The molecule has 2 aliphatic carbocycles. The van der Waals surface area contributed by atoms with E-state index < -0.39 is 34.8 Å². The number of anilines is 1. The first kappa shape index (κ1) is 33.9. The monoisotopic (exact) mass is 611 g/mol. The van der Waals surface area contributed by atoms with Gasteiger partial charge in [-0.05, 0) is 116 Å². The molecular formula is C35H53N3O6. The van der Waals surface area contributed by atoms with Crippen molar-refractivity contribution in [1.82, 2.24) is 10.2 Å². The quantitative estimate of drug-likeness (QED) is 0.255. The molecule has 9 heteroatoms. The maximum absolute atomic E-state index is 13.9. The highest BCUT2D eigenvalue weighted by Crippen LogP contribution is 2.44. The third-order valence-electron chi connectivity index (χ3n) is 9.44. The number of alkyl carbamates (subject to hydrolysis) is 1.